The fraction of sp³-hybridized carbons (Fsp3) is 1.00. The monoisotopic (exact) mass is 276 g/mol. The predicted octanol–water partition coefficient (Wildman–Crippen LogP) is 1.13. The van der Waals surface area contributed by atoms with Crippen LogP contribution in [0.2, 0.25) is 0 Å². The van der Waals surface area contributed by atoms with Gasteiger partial charge in [-0.15, -0.1) is 0 Å². The van der Waals surface area contributed by atoms with Crippen molar-refractivity contribution in [3.05, 3.63) is 0 Å². The molecule has 1 aliphatic carbocycles. The van der Waals surface area contributed by atoms with Gasteiger partial charge in [-0.25, -0.2) is 8.42 Å². The molecule has 5 heteroatoms. The Bertz CT molecular complexity index is 341. The van der Waals surface area contributed by atoms with Crippen molar-refractivity contribution >= 4 is 9.84 Å². The van der Waals surface area contributed by atoms with Gasteiger partial charge in [0.2, 0.25) is 0 Å². The first-order valence-electron chi connectivity index (χ1n) is 6.91. The SMILES string of the molecule is CCNC(CN(C)C)C1CCCC(S(C)(=O)=O)C1. The zero-order chi connectivity index (χ0) is 13.8. The molecule has 0 heterocycles. The second kappa shape index (κ2) is 6.87. The molecule has 0 aromatic carbocycles. The van der Waals surface area contributed by atoms with E-state index in [-0.39, 0.29) is 5.25 Å². The lowest BCUT2D eigenvalue weighted by Crippen LogP contribution is -2.46. The maximum absolute atomic E-state index is 11.7. The first kappa shape index (κ1) is 15.9. The van der Waals surface area contributed by atoms with Gasteiger partial charge in [-0.2, -0.15) is 0 Å². The van der Waals surface area contributed by atoms with Crippen molar-refractivity contribution in [1.29, 1.82) is 0 Å². The molecule has 1 saturated carbocycles. The summed E-state index contributed by atoms with van der Waals surface area (Å²) in [7, 11) is 1.26. The van der Waals surface area contributed by atoms with Gasteiger partial charge >= 0.3 is 0 Å². The minimum absolute atomic E-state index is 0.125. The average Bonchev–Trinajstić information content (AvgIpc) is 2.27. The van der Waals surface area contributed by atoms with Gasteiger partial charge in [0.15, 0.2) is 0 Å². The molecule has 3 atom stereocenters. The minimum atomic E-state index is -2.88. The van der Waals surface area contributed by atoms with E-state index in [0.29, 0.717) is 12.0 Å². The van der Waals surface area contributed by atoms with Crippen LogP contribution in [-0.4, -0.2) is 58.1 Å². The van der Waals surface area contributed by atoms with Crippen LogP contribution in [-0.2, 0) is 9.84 Å². The van der Waals surface area contributed by atoms with E-state index in [0.717, 1.165) is 38.8 Å². The van der Waals surface area contributed by atoms with Crippen molar-refractivity contribution in [2.24, 2.45) is 5.92 Å². The Morgan fingerprint density at radius 2 is 2.00 bits per heavy atom. The van der Waals surface area contributed by atoms with Gasteiger partial charge in [-0.3, -0.25) is 0 Å². The number of hydrogen-bond donors (Lipinski definition) is 1. The average molecular weight is 276 g/mol. The van der Waals surface area contributed by atoms with Crippen molar-refractivity contribution in [3.8, 4) is 0 Å². The fourth-order valence-electron chi connectivity index (χ4n) is 2.97. The van der Waals surface area contributed by atoms with Crippen molar-refractivity contribution in [3.63, 3.8) is 0 Å². The Morgan fingerprint density at radius 1 is 1.33 bits per heavy atom. The van der Waals surface area contributed by atoms with Crippen LogP contribution >= 0.6 is 0 Å². The van der Waals surface area contributed by atoms with E-state index >= 15 is 0 Å². The third-order valence-corrected chi connectivity index (χ3v) is 5.51. The molecule has 4 nitrogen and oxygen atoms in total. The Labute approximate surface area is 112 Å². The highest BCUT2D eigenvalue weighted by atomic mass is 32.2. The maximum atomic E-state index is 11.7. The smallest absolute Gasteiger partial charge is 0.150 e. The molecular weight excluding hydrogens is 248 g/mol. The van der Waals surface area contributed by atoms with Gasteiger partial charge < -0.3 is 10.2 Å². The molecule has 3 unspecified atom stereocenters. The Hall–Kier alpha value is -0.130. The summed E-state index contributed by atoms with van der Waals surface area (Å²) in [6.07, 6.45) is 5.24. The van der Waals surface area contributed by atoms with Crippen LogP contribution in [0, 0.1) is 5.92 Å². The van der Waals surface area contributed by atoms with Crippen LogP contribution in [0.3, 0.4) is 0 Å². The Kier molecular flexibility index (Phi) is 6.08. The number of hydrogen-bond acceptors (Lipinski definition) is 4. The molecule has 18 heavy (non-hydrogen) atoms. The minimum Gasteiger partial charge on any atom is -0.313 e. The van der Waals surface area contributed by atoms with Gasteiger partial charge in [0, 0.05) is 18.8 Å². The summed E-state index contributed by atoms with van der Waals surface area (Å²) >= 11 is 0. The van der Waals surface area contributed by atoms with E-state index in [1.54, 1.807) is 0 Å². The largest absolute Gasteiger partial charge is 0.313 e. The lowest BCUT2D eigenvalue weighted by molar-refractivity contribution is 0.225. The highest BCUT2D eigenvalue weighted by molar-refractivity contribution is 7.91. The van der Waals surface area contributed by atoms with Crippen molar-refractivity contribution < 1.29 is 8.42 Å². The van der Waals surface area contributed by atoms with E-state index < -0.39 is 9.84 Å². The van der Waals surface area contributed by atoms with Gasteiger partial charge in [-0.1, -0.05) is 13.3 Å². The maximum Gasteiger partial charge on any atom is 0.150 e. The molecule has 108 valence electrons. The molecule has 1 aliphatic rings. The molecule has 0 spiro atoms. The molecule has 1 fully saturated rings. The number of rotatable bonds is 6. The first-order chi connectivity index (χ1) is 8.34. The van der Waals surface area contributed by atoms with E-state index in [4.69, 9.17) is 0 Å². The van der Waals surface area contributed by atoms with Crippen LogP contribution in [0.5, 0.6) is 0 Å². The summed E-state index contributed by atoms with van der Waals surface area (Å²) in [5, 5.41) is 3.39. The van der Waals surface area contributed by atoms with Crippen molar-refractivity contribution in [2.75, 3.05) is 33.4 Å². The van der Waals surface area contributed by atoms with E-state index in [1.807, 2.05) is 0 Å². The normalized spacial score (nSPS) is 27.4. The van der Waals surface area contributed by atoms with Crippen molar-refractivity contribution in [2.45, 2.75) is 43.9 Å². The second-order valence-electron chi connectivity index (χ2n) is 5.80. The van der Waals surface area contributed by atoms with Gasteiger partial charge in [0.05, 0.1) is 5.25 Å². The lowest BCUT2D eigenvalue weighted by atomic mass is 9.83. The molecule has 0 aromatic heterocycles. The summed E-state index contributed by atoms with van der Waals surface area (Å²) in [4.78, 5) is 2.18. The zero-order valence-electron chi connectivity index (χ0n) is 12.1. The van der Waals surface area contributed by atoms with Gasteiger partial charge in [0.1, 0.15) is 9.84 Å². The summed E-state index contributed by atoms with van der Waals surface area (Å²) in [6.45, 7) is 4.03. The summed E-state index contributed by atoms with van der Waals surface area (Å²) in [5.41, 5.74) is 0. The molecule has 0 bridgehead atoms. The molecule has 0 aromatic rings. The third kappa shape index (κ3) is 4.86. The molecular formula is C13H28N2O2S. The third-order valence-electron chi connectivity index (χ3n) is 3.87. The molecule has 1 rings (SSSR count). The topological polar surface area (TPSA) is 49.4 Å². The Balaban J connectivity index is 2.67. The van der Waals surface area contributed by atoms with Crippen LogP contribution in [0.4, 0.5) is 0 Å². The number of sulfone groups is 1. The molecule has 0 amide bonds. The van der Waals surface area contributed by atoms with E-state index in [2.05, 4.69) is 31.2 Å². The van der Waals surface area contributed by atoms with Crippen molar-refractivity contribution in [1.82, 2.24) is 10.2 Å². The quantitative estimate of drug-likeness (QED) is 0.790. The summed E-state index contributed by atoms with van der Waals surface area (Å²) in [5.74, 6) is 0.487. The van der Waals surface area contributed by atoms with Crippen LogP contribution < -0.4 is 5.32 Å². The number of likely N-dealkylation sites (N-methyl/N-ethyl adjacent to an activating group) is 2. The highest BCUT2D eigenvalue weighted by Crippen LogP contribution is 2.30. The predicted molar refractivity (Wildman–Crippen MR) is 76.6 cm³/mol. The summed E-state index contributed by atoms with van der Waals surface area (Å²) < 4.78 is 23.4. The van der Waals surface area contributed by atoms with Gasteiger partial charge in [0.25, 0.3) is 0 Å². The number of nitrogens with one attached hydrogen (secondary N) is 1. The van der Waals surface area contributed by atoms with Crippen LogP contribution in [0.1, 0.15) is 32.6 Å². The van der Waals surface area contributed by atoms with E-state index in [1.165, 1.54) is 6.26 Å². The second-order valence-corrected chi connectivity index (χ2v) is 8.13. The molecule has 0 saturated heterocycles. The Morgan fingerprint density at radius 3 is 2.50 bits per heavy atom. The molecule has 0 radical (unpaired) electrons. The standard InChI is InChI=1S/C13H28N2O2S/c1-5-14-13(10-15(2)3)11-7-6-8-12(9-11)18(4,16)17/h11-14H,5-10H2,1-4H3. The van der Waals surface area contributed by atoms with E-state index in [9.17, 15) is 8.42 Å². The molecule has 1 N–H and O–H groups in total. The zero-order valence-corrected chi connectivity index (χ0v) is 13.0. The lowest BCUT2D eigenvalue weighted by Gasteiger charge is -2.35. The first-order valence-corrected chi connectivity index (χ1v) is 8.87. The summed E-state index contributed by atoms with van der Waals surface area (Å²) in [6, 6.07) is 0.412. The molecule has 0 aliphatic heterocycles. The van der Waals surface area contributed by atoms with Gasteiger partial charge in [-0.05, 0) is 45.8 Å². The highest BCUT2D eigenvalue weighted by Gasteiger charge is 2.32. The number of nitrogens with zero attached hydrogens (tertiary/aromatic N) is 1. The van der Waals surface area contributed by atoms with Crippen LogP contribution in [0.25, 0.3) is 0 Å². The fourth-order valence-corrected chi connectivity index (χ4v) is 4.16. The van der Waals surface area contributed by atoms with Crippen LogP contribution in [0.15, 0.2) is 0 Å².